The molecular formula is C18H22N4O3. The zero-order valence-electron chi connectivity index (χ0n) is 14.2. The quantitative estimate of drug-likeness (QED) is 0.863. The Balaban J connectivity index is 1.73. The van der Waals surface area contributed by atoms with Gasteiger partial charge in [0.15, 0.2) is 0 Å². The van der Waals surface area contributed by atoms with E-state index in [4.69, 9.17) is 4.74 Å². The van der Waals surface area contributed by atoms with E-state index in [0.717, 1.165) is 11.1 Å². The van der Waals surface area contributed by atoms with E-state index in [-0.39, 0.29) is 11.8 Å². The highest BCUT2D eigenvalue weighted by Crippen LogP contribution is 2.23. The van der Waals surface area contributed by atoms with Gasteiger partial charge in [-0.15, -0.1) is 0 Å². The van der Waals surface area contributed by atoms with Crippen molar-refractivity contribution in [1.82, 2.24) is 20.4 Å². The Kier molecular flexibility index (Phi) is 5.45. The molecule has 1 aromatic heterocycles. The average molecular weight is 342 g/mol. The molecule has 1 aliphatic heterocycles. The Labute approximate surface area is 146 Å². The number of rotatable bonds is 5. The van der Waals surface area contributed by atoms with Crippen LogP contribution < -0.4 is 5.32 Å². The molecule has 7 heteroatoms. The summed E-state index contributed by atoms with van der Waals surface area (Å²) in [4.78, 5) is 25.8. The lowest BCUT2D eigenvalue weighted by Gasteiger charge is -2.26. The number of carbonyl (C=O) groups is 2. The molecular weight excluding hydrogens is 320 g/mol. The minimum atomic E-state index is -0.0358. The zero-order chi connectivity index (χ0) is 17.6. The number of morpholine rings is 1. The topological polar surface area (TPSA) is 87.3 Å². The number of aromatic nitrogens is 2. The van der Waals surface area contributed by atoms with Crippen LogP contribution in [0.25, 0.3) is 11.3 Å². The summed E-state index contributed by atoms with van der Waals surface area (Å²) in [6, 6.07) is 7.73. The molecule has 0 aliphatic carbocycles. The van der Waals surface area contributed by atoms with Gasteiger partial charge in [-0.25, -0.2) is 0 Å². The molecule has 0 spiro atoms. The van der Waals surface area contributed by atoms with Crippen molar-refractivity contribution in [2.45, 2.75) is 19.9 Å². The fourth-order valence-corrected chi connectivity index (χ4v) is 2.72. The molecule has 1 fully saturated rings. The van der Waals surface area contributed by atoms with Gasteiger partial charge in [0.25, 0.3) is 5.91 Å². The van der Waals surface area contributed by atoms with Crippen LogP contribution >= 0.6 is 0 Å². The minimum Gasteiger partial charge on any atom is -0.378 e. The van der Waals surface area contributed by atoms with Crippen molar-refractivity contribution in [3.05, 3.63) is 41.6 Å². The molecule has 25 heavy (non-hydrogen) atoms. The maximum absolute atomic E-state index is 12.7. The summed E-state index contributed by atoms with van der Waals surface area (Å²) >= 11 is 0. The maximum atomic E-state index is 12.7. The molecule has 0 bridgehead atoms. The first kappa shape index (κ1) is 17.2. The molecule has 2 amide bonds. The van der Waals surface area contributed by atoms with Crippen molar-refractivity contribution in [2.24, 2.45) is 0 Å². The van der Waals surface area contributed by atoms with Gasteiger partial charge in [0.1, 0.15) is 0 Å². The van der Waals surface area contributed by atoms with Gasteiger partial charge in [-0.3, -0.25) is 14.7 Å². The fraction of sp³-hybridized carbons (Fsp3) is 0.389. The van der Waals surface area contributed by atoms with Crippen molar-refractivity contribution < 1.29 is 14.3 Å². The number of nitrogens with one attached hydrogen (secondary N) is 2. The predicted octanol–water partition coefficient (Wildman–Crippen LogP) is 1.58. The van der Waals surface area contributed by atoms with Crippen LogP contribution in [0.2, 0.25) is 0 Å². The van der Waals surface area contributed by atoms with Crippen LogP contribution in [0.5, 0.6) is 0 Å². The summed E-state index contributed by atoms with van der Waals surface area (Å²) in [5, 5.41) is 9.81. The van der Waals surface area contributed by atoms with Crippen LogP contribution in [0.15, 0.2) is 30.5 Å². The van der Waals surface area contributed by atoms with Gasteiger partial charge in [0.05, 0.1) is 30.7 Å². The SMILES string of the molecule is CCC(=O)NCc1ccc(-c2[nH]ncc2C(=O)N2CCOCC2)cc1. The number of hydrogen-bond donors (Lipinski definition) is 2. The van der Waals surface area contributed by atoms with E-state index in [1.54, 1.807) is 11.1 Å². The van der Waals surface area contributed by atoms with Crippen molar-refractivity contribution in [3.63, 3.8) is 0 Å². The standard InChI is InChI=1S/C18H22N4O3/c1-2-16(23)19-11-13-3-5-14(6-4-13)17-15(12-20-21-17)18(24)22-7-9-25-10-8-22/h3-6,12H,2,7-11H2,1H3,(H,19,23)(H,20,21). The van der Waals surface area contributed by atoms with Crippen LogP contribution in [0, 0.1) is 0 Å². The number of amides is 2. The molecule has 1 aliphatic rings. The Hall–Kier alpha value is -2.67. The lowest BCUT2D eigenvalue weighted by molar-refractivity contribution is -0.120. The molecule has 1 saturated heterocycles. The van der Waals surface area contributed by atoms with Gasteiger partial charge in [-0.1, -0.05) is 31.2 Å². The number of hydrogen-bond acceptors (Lipinski definition) is 4. The molecule has 2 N–H and O–H groups in total. The molecule has 0 saturated carbocycles. The predicted molar refractivity (Wildman–Crippen MR) is 92.9 cm³/mol. The molecule has 2 heterocycles. The molecule has 2 aromatic rings. The first-order chi connectivity index (χ1) is 12.2. The molecule has 0 radical (unpaired) electrons. The monoisotopic (exact) mass is 342 g/mol. The highest BCUT2D eigenvalue weighted by Gasteiger charge is 2.23. The second-order valence-electron chi connectivity index (χ2n) is 5.89. The fourth-order valence-electron chi connectivity index (χ4n) is 2.72. The van der Waals surface area contributed by atoms with E-state index in [1.165, 1.54) is 0 Å². The van der Waals surface area contributed by atoms with Crippen LogP contribution in [0.3, 0.4) is 0 Å². The third-order valence-electron chi connectivity index (χ3n) is 4.22. The average Bonchev–Trinajstić information content (AvgIpc) is 3.16. The van der Waals surface area contributed by atoms with Gasteiger partial charge in [0.2, 0.25) is 5.91 Å². The highest BCUT2D eigenvalue weighted by atomic mass is 16.5. The smallest absolute Gasteiger partial charge is 0.257 e. The van der Waals surface area contributed by atoms with E-state index < -0.39 is 0 Å². The lowest BCUT2D eigenvalue weighted by atomic mass is 10.0. The molecule has 0 unspecified atom stereocenters. The Bertz CT molecular complexity index is 733. The summed E-state index contributed by atoms with van der Waals surface area (Å²) < 4.78 is 5.30. The van der Waals surface area contributed by atoms with Crippen LogP contribution in [-0.4, -0.2) is 53.2 Å². The summed E-state index contributed by atoms with van der Waals surface area (Å²) in [7, 11) is 0. The number of ether oxygens (including phenoxy) is 1. The number of carbonyl (C=O) groups excluding carboxylic acids is 2. The maximum Gasteiger partial charge on any atom is 0.257 e. The third kappa shape index (κ3) is 4.06. The van der Waals surface area contributed by atoms with E-state index >= 15 is 0 Å². The normalized spacial score (nSPS) is 14.4. The van der Waals surface area contributed by atoms with Crippen LogP contribution in [0.4, 0.5) is 0 Å². The second-order valence-corrected chi connectivity index (χ2v) is 5.89. The van der Waals surface area contributed by atoms with Crippen molar-refractivity contribution in [3.8, 4) is 11.3 Å². The van der Waals surface area contributed by atoms with Crippen molar-refractivity contribution in [1.29, 1.82) is 0 Å². The summed E-state index contributed by atoms with van der Waals surface area (Å²) in [6.45, 7) is 4.65. The summed E-state index contributed by atoms with van der Waals surface area (Å²) in [5.41, 5.74) is 3.17. The van der Waals surface area contributed by atoms with Crippen LogP contribution in [0.1, 0.15) is 29.3 Å². The van der Waals surface area contributed by atoms with E-state index in [2.05, 4.69) is 15.5 Å². The van der Waals surface area contributed by atoms with Crippen molar-refractivity contribution in [2.75, 3.05) is 26.3 Å². The Morgan fingerprint density at radius 1 is 1.24 bits per heavy atom. The number of aromatic amines is 1. The first-order valence-corrected chi connectivity index (χ1v) is 8.45. The molecule has 0 atom stereocenters. The second kappa shape index (κ2) is 7.94. The Morgan fingerprint density at radius 3 is 2.64 bits per heavy atom. The number of H-pyrrole nitrogens is 1. The van der Waals surface area contributed by atoms with Gasteiger partial charge in [-0.05, 0) is 5.56 Å². The van der Waals surface area contributed by atoms with Crippen LogP contribution in [-0.2, 0) is 16.1 Å². The van der Waals surface area contributed by atoms with Gasteiger partial charge >= 0.3 is 0 Å². The third-order valence-corrected chi connectivity index (χ3v) is 4.22. The van der Waals surface area contributed by atoms with E-state index in [0.29, 0.717) is 50.5 Å². The van der Waals surface area contributed by atoms with Crippen molar-refractivity contribution >= 4 is 11.8 Å². The Morgan fingerprint density at radius 2 is 1.96 bits per heavy atom. The van der Waals surface area contributed by atoms with E-state index in [9.17, 15) is 9.59 Å². The zero-order valence-corrected chi connectivity index (χ0v) is 14.2. The number of benzene rings is 1. The molecule has 132 valence electrons. The first-order valence-electron chi connectivity index (χ1n) is 8.45. The highest BCUT2D eigenvalue weighted by molar-refractivity contribution is 5.99. The minimum absolute atomic E-state index is 0.0241. The number of nitrogens with zero attached hydrogens (tertiary/aromatic N) is 2. The molecule has 7 nitrogen and oxygen atoms in total. The summed E-state index contributed by atoms with van der Waals surface area (Å²) in [6.07, 6.45) is 2.04. The molecule has 1 aromatic carbocycles. The van der Waals surface area contributed by atoms with Gasteiger partial charge < -0.3 is 15.0 Å². The van der Waals surface area contributed by atoms with Gasteiger partial charge in [0, 0.05) is 31.6 Å². The van der Waals surface area contributed by atoms with Gasteiger partial charge in [-0.2, -0.15) is 5.10 Å². The summed E-state index contributed by atoms with van der Waals surface area (Å²) in [5.74, 6) is -0.0117. The largest absolute Gasteiger partial charge is 0.378 e. The van der Waals surface area contributed by atoms with E-state index in [1.807, 2.05) is 31.2 Å². The lowest BCUT2D eigenvalue weighted by Crippen LogP contribution is -2.40. The molecule has 3 rings (SSSR count).